The second-order valence-corrected chi connectivity index (χ2v) is 4.88. The number of halogens is 3. The Bertz CT molecular complexity index is 693. The first-order valence-corrected chi connectivity index (χ1v) is 6.62. The molecule has 7 heteroatoms. The molecular weight excluding hydrogens is 318 g/mol. The number of hydrogen-bond donors (Lipinski definition) is 2. The number of hydrogen-bond acceptors (Lipinski definition) is 3. The van der Waals surface area contributed by atoms with Crippen LogP contribution < -0.4 is 10.5 Å². The van der Waals surface area contributed by atoms with E-state index in [1.807, 2.05) is 0 Å². The number of nitrogens with two attached hydrogens (primary N) is 1. The molecule has 0 aliphatic heterocycles. The minimum absolute atomic E-state index is 0.00937. The lowest BCUT2D eigenvalue weighted by Gasteiger charge is -2.12. The molecule has 2 aromatic rings. The van der Waals surface area contributed by atoms with Crippen molar-refractivity contribution in [2.75, 3.05) is 0 Å². The fourth-order valence-corrected chi connectivity index (χ4v) is 2.18. The van der Waals surface area contributed by atoms with Gasteiger partial charge < -0.3 is 15.7 Å². The summed E-state index contributed by atoms with van der Waals surface area (Å²) >= 11 is 11.9. The Morgan fingerprint density at radius 2 is 1.95 bits per heavy atom. The lowest BCUT2D eigenvalue weighted by molar-refractivity contribution is 0.303. The van der Waals surface area contributed by atoms with Gasteiger partial charge in [-0.25, -0.2) is 4.39 Å². The van der Waals surface area contributed by atoms with Gasteiger partial charge in [-0.05, 0) is 18.2 Å². The minimum Gasteiger partial charge on any atom is -0.488 e. The average Bonchev–Trinajstić information content (AvgIpc) is 2.48. The monoisotopic (exact) mass is 328 g/mol. The van der Waals surface area contributed by atoms with Crippen molar-refractivity contribution in [3.05, 3.63) is 63.4 Å². The van der Waals surface area contributed by atoms with Crippen LogP contribution in [0.3, 0.4) is 0 Å². The highest BCUT2D eigenvalue weighted by Crippen LogP contribution is 2.28. The molecule has 2 rings (SSSR count). The lowest BCUT2D eigenvalue weighted by atomic mass is 10.2. The Balaban J connectivity index is 2.29. The summed E-state index contributed by atoms with van der Waals surface area (Å²) in [7, 11) is 0. The Labute approximate surface area is 130 Å². The van der Waals surface area contributed by atoms with Gasteiger partial charge in [-0.3, -0.25) is 0 Å². The fraction of sp³-hybridized carbons (Fsp3) is 0.0714. The molecule has 0 aliphatic rings. The summed E-state index contributed by atoms with van der Waals surface area (Å²) in [4.78, 5) is 0. The van der Waals surface area contributed by atoms with Crippen LogP contribution >= 0.6 is 23.2 Å². The maximum Gasteiger partial charge on any atom is 0.175 e. The van der Waals surface area contributed by atoms with Crippen molar-refractivity contribution < 1.29 is 14.3 Å². The minimum atomic E-state index is -0.527. The van der Waals surface area contributed by atoms with Gasteiger partial charge in [0.05, 0.1) is 15.6 Å². The molecule has 2 aromatic carbocycles. The van der Waals surface area contributed by atoms with Crippen LogP contribution in [0.4, 0.5) is 4.39 Å². The number of benzene rings is 2. The highest BCUT2D eigenvalue weighted by molar-refractivity contribution is 6.34. The predicted molar refractivity (Wildman–Crippen MR) is 79.7 cm³/mol. The number of rotatable bonds is 4. The Morgan fingerprint density at radius 1 is 1.24 bits per heavy atom. The van der Waals surface area contributed by atoms with E-state index in [0.29, 0.717) is 11.3 Å². The summed E-state index contributed by atoms with van der Waals surface area (Å²) in [6, 6.07) is 9.26. The van der Waals surface area contributed by atoms with Gasteiger partial charge in [-0.15, -0.1) is 0 Å². The van der Waals surface area contributed by atoms with Gasteiger partial charge in [-0.1, -0.05) is 46.6 Å². The Hall–Kier alpha value is -1.98. The molecule has 110 valence electrons. The van der Waals surface area contributed by atoms with Gasteiger partial charge in [0.15, 0.2) is 5.84 Å². The first-order chi connectivity index (χ1) is 10.0. The molecule has 0 saturated heterocycles. The summed E-state index contributed by atoms with van der Waals surface area (Å²) in [5, 5.41) is 12.0. The summed E-state index contributed by atoms with van der Waals surface area (Å²) in [5.41, 5.74) is 6.30. The molecule has 0 bridgehead atoms. The SMILES string of the molecule is N/C(=N/O)c1c(Cl)cccc1OCc1cccc(F)c1Cl. The molecule has 3 N–H and O–H groups in total. The van der Waals surface area contributed by atoms with E-state index in [0.717, 1.165) is 0 Å². The normalized spacial score (nSPS) is 11.5. The van der Waals surface area contributed by atoms with Crippen molar-refractivity contribution in [1.29, 1.82) is 0 Å². The van der Waals surface area contributed by atoms with E-state index in [-0.39, 0.29) is 28.1 Å². The molecule has 21 heavy (non-hydrogen) atoms. The topological polar surface area (TPSA) is 67.8 Å². The van der Waals surface area contributed by atoms with Crippen molar-refractivity contribution in [1.82, 2.24) is 0 Å². The van der Waals surface area contributed by atoms with Gasteiger partial charge in [0, 0.05) is 5.56 Å². The van der Waals surface area contributed by atoms with E-state index in [4.69, 9.17) is 38.9 Å². The predicted octanol–water partition coefficient (Wildman–Crippen LogP) is 3.81. The molecular formula is C14H11Cl2FN2O2. The van der Waals surface area contributed by atoms with E-state index in [1.165, 1.54) is 12.1 Å². The fourth-order valence-electron chi connectivity index (χ4n) is 1.74. The van der Waals surface area contributed by atoms with E-state index < -0.39 is 5.82 Å². The van der Waals surface area contributed by atoms with E-state index in [1.54, 1.807) is 24.3 Å². The lowest BCUT2D eigenvalue weighted by Crippen LogP contribution is -2.15. The second kappa shape index (κ2) is 6.65. The third kappa shape index (κ3) is 3.37. The highest BCUT2D eigenvalue weighted by Gasteiger charge is 2.14. The van der Waals surface area contributed by atoms with Crippen molar-refractivity contribution >= 4 is 29.0 Å². The Kier molecular flexibility index (Phi) is 4.88. The molecule has 0 unspecified atom stereocenters. The third-order valence-corrected chi connectivity index (χ3v) is 3.49. The zero-order valence-corrected chi connectivity index (χ0v) is 12.2. The summed E-state index contributed by atoms with van der Waals surface area (Å²) in [5.74, 6) is -0.403. The van der Waals surface area contributed by atoms with Crippen LogP contribution in [0.25, 0.3) is 0 Å². The molecule has 0 radical (unpaired) electrons. The molecule has 0 atom stereocenters. The maximum atomic E-state index is 13.4. The number of oxime groups is 1. The highest BCUT2D eigenvalue weighted by atomic mass is 35.5. The van der Waals surface area contributed by atoms with Crippen molar-refractivity contribution in [2.45, 2.75) is 6.61 Å². The molecule has 0 fully saturated rings. The van der Waals surface area contributed by atoms with Crippen molar-refractivity contribution in [3.8, 4) is 5.75 Å². The summed E-state index contributed by atoms with van der Waals surface area (Å²) in [6.07, 6.45) is 0. The maximum absolute atomic E-state index is 13.4. The first-order valence-electron chi connectivity index (χ1n) is 5.86. The summed E-state index contributed by atoms with van der Waals surface area (Å²) in [6.45, 7) is 0.0165. The van der Waals surface area contributed by atoms with Crippen LogP contribution in [-0.2, 0) is 6.61 Å². The third-order valence-electron chi connectivity index (χ3n) is 2.75. The average molecular weight is 329 g/mol. The number of nitrogens with zero attached hydrogens (tertiary/aromatic N) is 1. The molecule has 0 aromatic heterocycles. The van der Waals surface area contributed by atoms with Gasteiger partial charge in [0.1, 0.15) is 18.2 Å². The number of ether oxygens (including phenoxy) is 1. The smallest absolute Gasteiger partial charge is 0.175 e. The van der Waals surface area contributed by atoms with Crippen LogP contribution in [0.15, 0.2) is 41.6 Å². The van der Waals surface area contributed by atoms with Crippen molar-refractivity contribution in [3.63, 3.8) is 0 Å². The standard InChI is InChI=1S/C14H11Cl2FN2O2/c15-9-4-2-6-11(12(9)14(18)19-20)21-7-8-3-1-5-10(17)13(8)16/h1-6,20H,7H2,(H2,18,19). The van der Waals surface area contributed by atoms with Gasteiger partial charge in [-0.2, -0.15) is 0 Å². The van der Waals surface area contributed by atoms with Crippen LogP contribution in [0.2, 0.25) is 10.0 Å². The first kappa shape index (κ1) is 15.4. The zero-order valence-electron chi connectivity index (χ0n) is 10.7. The van der Waals surface area contributed by atoms with Gasteiger partial charge in [0.2, 0.25) is 0 Å². The summed E-state index contributed by atoms with van der Waals surface area (Å²) < 4.78 is 18.9. The molecule has 4 nitrogen and oxygen atoms in total. The van der Waals surface area contributed by atoms with Gasteiger partial charge >= 0.3 is 0 Å². The molecule has 0 heterocycles. The molecule has 0 amide bonds. The van der Waals surface area contributed by atoms with E-state index in [9.17, 15) is 4.39 Å². The quantitative estimate of drug-likeness (QED) is 0.388. The van der Waals surface area contributed by atoms with Crippen LogP contribution in [0, 0.1) is 5.82 Å². The zero-order chi connectivity index (χ0) is 15.4. The van der Waals surface area contributed by atoms with Crippen LogP contribution in [-0.4, -0.2) is 11.0 Å². The molecule has 0 spiro atoms. The van der Waals surface area contributed by atoms with E-state index >= 15 is 0 Å². The van der Waals surface area contributed by atoms with Gasteiger partial charge in [0.25, 0.3) is 0 Å². The number of amidine groups is 1. The largest absolute Gasteiger partial charge is 0.488 e. The van der Waals surface area contributed by atoms with Crippen LogP contribution in [0.5, 0.6) is 5.75 Å². The molecule has 0 saturated carbocycles. The second-order valence-electron chi connectivity index (χ2n) is 4.10. The van der Waals surface area contributed by atoms with Crippen molar-refractivity contribution in [2.24, 2.45) is 10.9 Å². The van der Waals surface area contributed by atoms with Crippen LogP contribution in [0.1, 0.15) is 11.1 Å². The van der Waals surface area contributed by atoms with E-state index in [2.05, 4.69) is 5.16 Å². The molecule has 0 aliphatic carbocycles. The Morgan fingerprint density at radius 3 is 2.67 bits per heavy atom.